The molecule has 8 heteroatoms. The first kappa shape index (κ1) is 21.6. The average molecular weight is 467 g/mol. The van der Waals surface area contributed by atoms with Crippen molar-refractivity contribution in [2.45, 2.75) is 31.4 Å². The van der Waals surface area contributed by atoms with Crippen LogP contribution in [-0.2, 0) is 27.0 Å². The van der Waals surface area contributed by atoms with E-state index in [-0.39, 0.29) is 24.1 Å². The number of aryl methyl sites for hydroxylation is 1. The number of fused-ring (bicyclic) bond motifs is 1. The van der Waals surface area contributed by atoms with Crippen molar-refractivity contribution in [2.24, 2.45) is 5.92 Å². The second kappa shape index (κ2) is 8.87. The molecule has 2 aliphatic heterocycles. The third-order valence-corrected chi connectivity index (χ3v) is 8.37. The van der Waals surface area contributed by atoms with E-state index < -0.39 is 10.0 Å². The number of para-hydroxylation sites is 1. The fraction of sp³-hybridized carbons (Fsp3) is 0.409. The predicted molar refractivity (Wildman–Crippen MR) is 120 cm³/mol. The average Bonchev–Trinajstić information content (AvgIpc) is 2.75. The van der Waals surface area contributed by atoms with Gasteiger partial charge in [0, 0.05) is 40.9 Å². The number of anilines is 1. The van der Waals surface area contributed by atoms with Crippen molar-refractivity contribution >= 4 is 44.8 Å². The van der Waals surface area contributed by atoms with E-state index in [1.165, 1.54) is 9.87 Å². The number of amides is 1. The summed E-state index contributed by atoms with van der Waals surface area (Å²) in [7, 11) is -3.65. The Morgan fingerprint density at radius 1 is 1.00 bits per heavy atom. The number of benzene rings is 2. The quantitative estimate of drug-likeness (QED) is 0.665. The van der Waals surface area contributed by atoms with Gasteiger partial charge >= 0.3 is 0 Å². The van der Waals surface area contributed by atoms with Crippen molar-refractivity contribution in [3.63, 3.8) is 0 Å². The Morgan fingerprint density at radius 3 is 2.50 bits per heavy atom. The molecule has 2 heterocycles. The van der Waals surface area contributed by atoms with Gasteiger partial charge in [-0.3, -0.25) is 4.79 Å². The normalized spacial score (nSPS) is 20.1. The lowest BCUT2D eigenvalue weighted by molar-refractivity contribution is -0.123. The van der Waals surface area contributed by atoms with Crippen LogP contribution in [0.4, 0.5) is 5.69 Å². The SMILES string of the molecule is O=C([C@@H]1CCCN(S(=O)(=O)Cc2c(Cl)cccc2Cl)C1)N1CCCc2ccccc21. The first-order chi connectivity index (χ1) is 14.4. The van der Waals surface area contributed by atoms with Gasteiger partial charge < -0.3 is 4.90 Å². The molecule has 2 aromatic carbocycles. The lowest BCUT2D eigenvalue weighted by atomic mass is 9.95. The van der Waals surface area contributed by atoms with Gasteiger partial charge in [0.05, 0.1) is 11.7 Å². The summed E-state index contributed by atoms with van der Waals surface area (Å²) < 4.78 is 27.6. The summed E-state index contributed by atoms with van der Waals surface area (Å²) in [5.74, 6) is -0.599. The molecule has 2 aliphatic rings. The zero-order chi connectivity index (χ0) is 21.3. The Kier molecular flexibility index (Phi) is 6.39. The van der Waals surface area contributed by atoms with Crippen LogP contribution >= 0.6 is 23.2 Å². The van der Waals surface area contributed by atoms with Gasteiger partial charge in [-0.2, -0.15) is 0 Å². The van der Waals surface area contributed by atoms with Gasteiger partial charge in [0.2, 0.25) is 15.9 Å². The minimum absolute atomic E-state index is 0.0119. The van der Waals surface area contributed by atoms with E-state index in [2.05, 4.69) is 6.07 Å². The molecule has 1 saturated heterocycles. The van der Waals surface area contributed by atoms with E-state index in [0.29, 0.717) is 41.5 Å². The molecule has 0 N–H and O–H groups in total. The Morgan fingerprint density at radius 2 is 1.73 bits per heavy atom. The maximum atomic E-state index is 13.3. The van der Waals surface area contributed by atoms with E-state index in [0.717, 1.165) is 18.5 Å². The molecule has 0 aliphatic carbocycles. The van der Waals surface area contributed by atoms with Gasteiger partial charge in [-0.25, -0.2) is 12.7 Å². The summed E-state index contributed by atoms with van der Waals surface area (Å²) in [6, 6.07) is 12.9. The number of halogens is 2. The second-order valence-electron chi connectivity index (χ2n) is 7.88. The van der Waals surface area contributed by atoms with Crippen LogP contribution in [0.1, 0.15) is 30.4 Å². The van der Waals surface area contributed by atoms with E-state index in [1.54, 1.807) is 18.2 Å². The first-order valence-electron chi connectivity index (χ1n) is 10.2. The number of sulfonamides is 1. The van der Waals surface area contributed by atoms with Gasteiger partial charge in [0.1, 0.15) is 0 Å². The summed E-state index contributed by atoms with van der Waals surface area (Å²) in [5, 5.41) is 0.668. The van der Waals surface area contributed by atoms with E-state index in [9.17, 15) is 13.2 Å². The predicted octanol–water partition coefficient (Wildman–Crippen LogP) is 4.51. The highest BCUT2D eigenvalue weighted by Gasteiger charge is 2.36. The molecule has 1 atom stereocenters. The van der Waals surface area contributed by atoms with Crippen molar-refractivity contribution in [1.29, 1.82) is 0 Å². The summed E-state index contributed by atoms with van der Waals surface area (Å²) >= 11 is 12.3. The number of nitrogens with zero attached hydrogens (tertiary/aromatic N) is 2. The van der Waals surface area contributed by atoms with Crippen molar-refractivity contribution < 1.29 is 13.2 Å². The molecule has 0 bridgehead atoms. The zero-order valence-electron chi connectivity index (χ0n) is 16.6. The van der Waals surface area contributed by atoms with Gasteiger partial charge in [0.25, 0.3) is 0 Å². The number of hydrogen-bond donors (Lipinski definition) is 0. The fourth-order valence-corrected chi connectivity index (χ4v) is 6.69. The molecular weight excluding hydrogens is 443 g/mol. The van der Waals surface area contributed by atoms with Crippen LogP contribution in [-0.4, -0.2) is 38.3 Å². The van der Waals surface area contributed by atoms with Crippen LogP contribution < -0.4 is 4.90 Å². The standard InChI is InChI=1S/C22H24Cl2N2O3S/c23-19-9-3-10-20(24)18(19)15-30(28,29)25-12-4-8-17(14-25)22(27)26-13-5-7-16-6-1-2-11-21(16)26/h1-3,6,9-11,17H,4-5,7-8,12-15H2/t17-/m1/s1. The topological polar surface area (TPSA) is 57.7 Å². The number of carbonyl (C=O) groups excluding carboxylic acids is 1. The molecular formula is C22H24Cl2N2O3S. The molecule has 1 amide bonds. The lowest BCUT2D eigenvalue weighted by Gasteiger charge is -2.36. The van der Waals surface area contributed by atoms with Crippen molar-refractivity contribution in [2.75, 3.05) is 24.5 Å². The molecule has 2 aromatic rings. The molecule has 5 nitrogen and oxygen atoms in total. The van der Waals surface area contributed by atoms with Gasteiger partial charge in [-0.05, 0) is 49.4 Å². The van der Waals surface area contributed by atoms with Crippen molar-refractivity contribution in [1.82, 2.24) is 4.31 Å². The second-order valence-corrected chi connectivity index (χ2v) is 10.7. The third kappa shape index (κ3) is 4.37. The van der Waals surface area contributed by atoms with Crippen LogP contribution in [0, 0.1) is 5.92 Å². The summed E-state index contributed by atoms with van der Waals surface area (Å²) in [4.78, 5) is 15.2. The monoisotopic (exact) mass is 466 g/mol. The third-order valence-electron chi connectivity index (χ3n) is 5.89. The van der Waals surface area contributed by atoms with Crippen LogP contribution in [0.25, 0.3) is 0 Å². The van der Waals surface area contributed by atoms with Crippen LogP contribution in [0.3, 0.4) is 0 Å². The van der Waals surface area contributed by atoms with E-state index in [1.807, 2.05) is 23.1 Å². The number of piperidine rings is 1. The maximum Gasteiger partial charge on any atom is 0.231 e. The number of rotatable bonds is 4. The van der Waals surface area contributed by atoms with Crippen molar-refractivity contribution in [3.8, 4) is 0 Å². The number of hydrogen-bond acceptors (Lipinski definition) is 3. The molecule has 0 radical (unpaired) electrons. The molecule has 1 fully saturated rings. The molecule has 0 saturated carbocycles. The van der Waals surface area contributed by atoms with Gasteiger partial charge in [0.15, 0.2) is 0 Å². The smallest absolute Gasteiger partial charge is 0.231 e. The molecule has 4 rings (SSSR count). The summed E-state index contributed by atoms with van der Waals surface area (Å²) in [6.45, 7) is 1.28. The largest absolute Gasteiger partial charge is 0.312 e. The molecule has 160 valence electrons. The minimum Gasteiger partial charge on any atom is -0.312 e. The van der Waals surface area contributed by atoms with Gasteiger partial charge in [-0.1, -0.05) is 47.5 Å². The van der Waals surface area contributed by atoms with Gasteiger partial charge in [-0.15, -0.1) is 0 Å². The highest BCUT2D eigenvalue weighted by molar-refractivity contribution is 7.88. The summed E-state index contributed by atoms with van der Waals surface area (Å²) in [6.07, 6.45) is 3.23. The molecule has 0 unspecified atom stereocenters. The zero-order valence-corrected chi connectivity index (χ0v) is 18.9. The van der Waals surface area contributed by atoms with Crippen molar-refractivity contribution in [3.05, 3.63) is 63.6 Å². The van der Waals surface area contributed by atoms with Crippen LogP contribution in [0.15, 0.2) is 42.5 Å². The minimum atomic E-state index is -3.65. The highest BCUT2D eigenvalue weighted by atomic mass is 35.5. The van der Waals surface area contributed by atoms with E-state index >= 15 is 0 Å². The Bertz CT molecular complexity index is 1040. The Balaban J connectivity index is 1.51. The molecule has 0 spiro atoms. The molecule has 0 aromatic heterocycles. The van der Waals surface area contributed by atoms with Crippen LogP contribution in [0.2, 0.25) is 10.0 Å². The Labute approximate surface area is 187 Å². The molecule has 30 heavy (non-hydrogen) atoms. The van der Waals surface area contributed by atoms with E-state index in [4.69, 9.17) is 23.2 Å². The lowest BCUT2D eigenvalue weighted by Crippen LogP contribution is -2.48. The van der Waals surface area contributed by atoms with Crippen LogP contribution in [0.5, 0.6) is 0 Å². The summed E-state index contributed by atoms with van der Waals surface area (Å²) in [5.41, 5.74) is 2.53. The fourth-order valence-electron chi connectivity index (χ4n) is 4.32. The maximum absolute atomic E-state index is 13.3. The number of carbonyl (C=O) groups is 1. The highest BCUT2D eigenvalue weighted by Crippen LogP contribution is 2.32. The first-order valence-corrected chi connectivity index (χ1v) is 12.5. The Hall–Kier alpha value is -1.60.